The molecule has 0 aromatic heterocycles. The first-order valence-electron chi connectivity index (χ1n) is 10.1. The van der Waals surface area contributed by atoms with E-state index in [9.17, 15) is 4.79 Å². The molecule has 0 unspecified atom stereocenters. The molecule has 5 rings (SSSR count). The van der Waals surface area contributed by atoms with E-state index >= 15 is 0 Å². The maximum Gasteiger partial charge on any atom is 0.254 e. The summed E-state index contributed by atoms with van der Waals surface area (Å²) < 4.78 is 6.12. The molecule has 1 saturated carbocycles. The van der Waals surface area contributed by atoms with Crippen molar-refractivity contribution >= 4 is 5.91 Å². The third kappa shape index (κ3) is 3.28. The number of amides is 1. The van der Waals surface area contributed by atoms with Gasteiger partial charge in [0.1, 0.15) is 0 Å². The number of rotatable bonds is 3. The number of benzene rings is 2. The summed E-state index contributed by atoms with van der Waals surface area (Å²) in [5.74, 6) is 0.142. The second-order valence-electron chi connectivity index (χ2n) is 7.89. The second-order valence-corrected chi connectivity index (χ2v) is 7.89. The minimum Gasteiger partial charge on any atom is -0.365 e. The maximum atomic E-state index is 13.5. The van der Waals surface area contributed by atoms with Crippen molar-refractivity contribution in [2.45, 2.75) is 44.0 Å². The number of nitrogens with zero attached hydrogens (tertiary/aromatic N) is 2. The molecule has 2 atom stereocenters. The molecule has 1 aliphatic carbocycles. The lowest BCUT2D eigenvalue weighted by atomic mass is 9.94. The Kier molecular flexibility index (Phi) is 4.46. The van der Waals surface area contributed by atoms with E-state index in [4.69, 9.17) is 4.74 Å². The van der Waals surface area contributed by atoms with Crippen LogP contribution in [0.3, 0.4) is 0 Å². The normalized spacial score (nSPS) is 25.9. The Morgan fingerprint density at radius 3 is 2.44 bits per heavy atom. The lowest BCUT2D eigenvalue weighted by Crippen LogP contribution is -2.54. The van der Waals surface area contributed by atoms with E-state index in [0.29, 0.717) is 19.2 Å². The lowest BCUT2D eigenvalue weighted by Gasteiger charge is -2.43. The van der Waals surface area contributed by atoms with Gasteiger partial charge < -0.3 is 9.64 Å². The summed E-state index contributed by atoms with van der Waals surface area (Å²) >= 11 is 0. The molecule has 0 N–H and O–H groups in total. The molecule has 140 valence electrons. The van der Waals surface area contributed by atoms with Gasteiger partial charge >= 0.3 is 0 Å². The van der Waals surface area contributed by atoms with Gasteiger partial charge in [0.15, 0.2) is 6.10 Å². The molecule has 2 heterocycles. The Labute approximate surface area is 160 Å². The van der Waals surface area contributed by atoms with Gasteiger partial charge in [0, 0.05) is 25.7 Å². The third-order valence-electron chi connectivity index (χ3n) is 6.13. The quantitative estimate of drug-likeness (QED) is 0.841. The van der Waals surface area contributed by atoms with Gasteiger partial charge in [-0.05, 0) is 36.0 Å². The summed E-state index contributed by atoms with van der Waals surface area (Å²) in [4.78, 5) is 18.0. The molecular weight excluding hydrogens is 336 g/mol. The topological polar surface area (TPSA) is 32.8 Å². The highest BCUT2D eigenvalue weighted by atomic mass is 16.5. The van der Waals surface area contributed by atoms with E-state index in [1.165, 1.54) is 29.5 Å². The lowest BCUT2D eigenvalue weighted by molar-refractivity contribution is -0.158. The Hall–Kier alpha value is -2.17. The van der Waals surface area contributed by atoms with Crippen molar-refractivity contribution in [3.63, 3.8) is 0 Å². The largest absolute Gasteiger partial charge is 0.365 e. The van der Waals surface area contributed by atoms with Crippen LogP contribution in [-0.2, 0) is 22.5 Å². The molecule has 3 aliphatic rings. The van der Waals surface area contributed by atoms with Gasteiger partial charge in [0.2, 0.25) is 0 Å². The Bertz CT molecular complexity index is 818. The van der Waals surface area contributed by atoms with Crippen molar-refractivity contribution in [1.29, 1.82) is 0 Å². The highest BCUT2D eigenvalue weighted by molar-refractivity contribution is 5.82. The number of ether oxygens (including phenoxy) is 1. The molecule has 0 radical (unpaired) electrons. The van der Waals surface area contributed by atoms with Crippen LogP contribution >= 0.6 is 0 Å². The Balaban J connectivity index is 1.42. The average Bonchev–Trinajstić information content (AvgIpc) is 3.58. The highest BCUT2D eigenvalue weighted by Gasteiger charge is 2.45. The fourth-order valence-electron chi connectivity index (χ4n) is 4.59. The number of hydrogen-bond donors (Lipinski definition) is 0. The van der Waals surface area contributed by atoms with Crippen molar-refractivity contribution < 1.29 is 9.53 Å². The van der Waals surface area contributed by atoms with E-state index in [1.54, 1.807) is 0 Å². The number of carbonyl (C=O) groups is 1. The first-order valence-corrected chi connectivity index (χ1v) is 10.1. The van der Waals surface area contributed by atoms with Crippen LogP contribution in [0.1, 0.15) is 35.6 Å². The molecule has 2 fully saturated rings. The standard InChI is InChI=1S/C23H26N2O2/c26-23(24-13-12-17-6-4-5-9-19(17)16-24)22-21(18-7-2-1-3-8-18)25(14-15-27-22)20-10-11-20/h1-9,20-22H,10-16H2/t21-,22+/m0/s1. The zero-order chi connectivity index (χ0) is 18.2. The smallest absolute Gasteiger partial charge is 0.254 e. The van der Waals surface area contributed by atoms with Crippen LogP contribution in [0.4, 0.5) is 0 Å². The minimum absolute atomic E-state index is 0.0251. The van der Waals surface area contributed by atoms with E-state index in [2.05, 4.69) is 53.4 Å². The summed E-state index contributed by atoms with van der Waals surface area (Å²) in [5, 5.41) is 0. The molecule has 0 spiro atoms. The SMILES string of the molecule is O=C([C@@H]1OCCN(C2CC2)[C@H]1c1ccccc1)N1CCc2ccccc2C1. The Morgan fingerprint density at radius 1 is 0.926 bits per heavy atom. The molecule has 4 nitrogen and oxygen atoms in total. The van der Waals surface area contributed by atoms with Crippen LogP contribution in [0.2, 0.25) is 0 Å². The predicted molar refractivity (Wildman–Crippen MR) is 104 cm³/mol. The van der Waals surface area contributed by atoms with Gasteiger partial charge in [0.05, 0.1) is 12.6 Å². The van der Waals surface area contributed by atoms with Crippen molar-refractivity contribution in [3.05, 3.63) is 71.3 Å². The Morgan fingerprint density at radius 2 is 1.67 bits per heavy atom. The molecule has 2 aromatic rings. The summed E-state index contributed by atoms with van der Waals surface area (Å²) in [7, 11) is 0. The van der Waals surface area contributed by atoms with Crippen molar-refractivity contribution in [2.24, 2.45) is 0 Å². The molecule has 2 aliphatic heterocycles. The monoisotopic (exact) mass is 362 g/mol. The highest BCUT2D eigenvalue weighted by Crippen LogP contribution is 2.39. The molecular formula is C23H26N2O2. The minimum atomic E-state index is -0.410. The zero-order valence-corrected chi connectivity index (χ0v) is 15.6. The number of carbonyl (C=O) groups excluding carboxylic acids is 1. The average molecular weight is 362 g/mol. The summed E-state index contributed by atoms with van der Waals surface area (Å²) in [6.07, 6.45) is 2.99. The fraction of sp³-hybridized carbons (Fsp3) is 0.435. The summed E-state index contributed by atoms with van der Waals surface area (Å²) in [6.45, 7) is 3.03. The molecule has 27 heavy (non-hydrogen) atoms. The predicted octanol–water partition coefficient (Wildman–Crippen LogP) is 3.18. The van der Waals surface area contributed by atoms with Crippen LogP contribution < -0.4 is 0 Å². The van der Waals surface area contributed by atoms with E-state index in [0.717, 1.165) is 19.5 Å². The maximum absolute atomic E-state index is 13.5. The van der Waals surface area contributed by atoms with Crippen LogP contribution in [0.25, 0.3) is 0 Å². The van der Waals surface area contributed by atoms with E-state index < -0.39 is 6.10 Å². The molecule has 1 amide bonds. The summed E-state index contributed by atoms with van der Waals surface area (Å²) in [6, 6.07) is 19.5. The van der Waals surface area contributed by atoms with Crippen molar-refractivity contribution in [2.75, 3.05) is 19.7 Å². The van der Waals surface area contributed by atoms with Gasteiger partial charge in [-0.2, -0.15) is 0 Å². The van der Waals surface area contributed by atoms with Gasteiger partial charge in [-0.3, -0.25) is 9.69 Å². The molecule has 2 aromatic carbocycles. The molecule has 4 heteroatoms. The van der Waals surface area contributed by atoms with Crippen LogP contribution in [-0.4, -0.2) is 47.5 Å². The van der Waals surface area contributed by atoms with E-state index in [1.807, 2.05) is 11.0 Å². The van der Waals surface area contributed by atoms with E-state index in [-0.39, 0.29) is 11.9 Å². The van der Waals surface area contributed by atoms with Gasteiger partial charge in [-0.25, -0.2) is 0 Å². The van der Waals surface area contributed by atoms with Crippen molar-refractivity contribution in [1.82, 2.24) is 9.80 Å². The van der Waals surface area contributed by atoms with Crippen LogP contribution in [0.15, 0.2) is 54.6 Å². The number of fused-ring (bicyclic) bond motifs is 1. The second kappa shape index (κ2) is 7.10. The zero-order valence-electron chi connectivity index (χ0n) is 15.6. The van der Waals surface area contributed by atoms with Gasteiger partial charge in [0.25, 0.3) is 5.91 Å². The van der Waals surface area contributed by atoms with Gasteiger partial charge in [-0.15, -0.1) is 0 Å². The van der Waals surface area contributed by atoms with Crippen molar-refractivity contribution in [3.8, 4) is 0 Å². The molecule has 1 saturated heterocycles. The third-order valence-corrected chi connectivity index (χ3v) is 6.13. The first-order chi connectivity index (χ1) is 13.3. The molecule has 0 bridgehead atoms. The number of hydrogen-bond acceptors (Lipinski definition) is 3. The van der Waals surface area contributed by atoms with Crippen LogP contribution in [0, 0.1) is 0 Å². The van der Waals surface area contributed by atoms with Crippen LogP contribution in [0.5, 0.6) is 0 Å². The first kappa shape index (κ1) is 17.0. The fourth-order valence-corrected chi connectivity index (χ4v) is 4.59. The summed E-state index contributed by atoms with van der Waals surface area (Å²) in [5.41, 5.74) is 3.83. The number of morpholine rings is 1. The van der Waals surface area contributed by atoms with Gasteiger partial charge in [-0.1, -0.05) is 54.6 Å².